The highest BCUT2D eigenvalue weighted by atomic mass is 32.2. The van der Waals surface area contributed by atoms with Crippen LogP contribution >= 0.6 is 11.8 Å². The third-order valence-corrected chi connectivity index (χ3v) is 5.06. The fraction of sp³-hybridized carbons (Fsp3) is 0.579. The molecule has 6 heteroatoms. The lowest BCUT2D eigenvalue weighted by Gasteiger charge is -2.15. The minimum atomic E-state index is -0.0960. The van der Waals surface area contributed by atoms with E-state index >= 15 is 0 Å². The highest BCUT2D eigenvalue weighted by Crippen LogP contribution is 2.23. The minimum Gasteiger partial charge on any atom is -0.379 e. The van der Waals surface area contributed by atoms with Gasteiger partial charge < -0.3 is 15.0 Å². The number of thioether (sulfide) groups is 1. The van der Waals surface area contributed by atoms with Crippen molar-refractivity contribution < 1.29 is 14.3 Å². The van der Waals surface area contributed by atoms with Gasteiger partial charge in [0.2, 0.25) is 5.91 Å². The summed E-state index contributed by atoms with van der Waals surface area (Å²) >= 11 is 1.44. The molecule has 1 fully saturated rings. The van der Waals surface area contributed by atoms with Crippen LogP contribution in [0.1, 0.15) is 43.5 Å². The van der Waals surface area contributed by atoms with Gasteiger partial charge in [-0.25, -0.2) is 0 Å². The molecule has 0 saturated carbocycles. The molecule has 138 valence electrons. The Morgan fingerprint density at radius 3 is 2.68 bits per heavy atom. The molecular formula is C19H28N2O3S. The standard InChI is InChI=1S/C19H28N2O3S/c1-15(2)24-13-7-10-20-19(23)16-8-3-4-9-17(16)25-14-18(22)21-11-5-6-12-21/h3-4,8-9,15H,5-7,10-14H2,1-2H3,(H,20,23). The van der Waals surface area contributed by atoms with Gasteiger partial charge in [-0.1, -0.05) is 12.1 Å². The number of amides is 2. The van der Waals surface area contributed by atoms with Crippen molar-refractivity contribution >= 4 is 23.6 Å². The molecule has 0 unspecified atom stereocenters. The van der Waals surface area contributed by atoms with Crippen LogP contribution in [0.25, 0.3) is 0 Å². The van der Waals surface area contributed by atoms with Crippen molar-refractivity contribution in [2.24, 2.45) is 0 Å². The fourth-order valence-corrected chi connectivity index (χ4v) is 3.62. The molecule has 0 aromatic heterocycles. The molecule has 5 nitrogen and oxygen atoms in total. The molecule has 1 aliphatic rings. The zero-order chi connectivity index (χ0) is 18.1. The molecule has 1 N–H and O–H groups in total. The van der Waals surface area contributed by atoms with Gasteiger partial charge >= 0.3 is 0 Å². The van der Waals surface area contributed by atoms with Crippen molar-refractivity contribution in [3.63, 3.8) is 0 Å². The first-order chi connectivity index (χ1) is 12.1. The molecule has 1 heterocycles. The van der Waals surface area contributed by atoms with Gasteiger partial charge in [0, 0.05) is 31.1 Å². The van der Waals surface area contributed by atoms with Crippen LogP contribution in [0.2, 0.25) is 0 Å². The fourth-order valence-electron chi connectivity index (χ4n) is 2.67. The SMILES string of the molecule is CC(C)OCCCNC(=O)c1ccccc1SCC(=O)N1CCCC1. The topological polar surface area (TPSA) is 58.6 Å². The van der Waals surface area contributed by atoms with Crippen LogP contribution in [-0.4, -0.2) is 54.8 Å². The van der Waals surface area contributed by atoms with Crippen LogP contribution in [0.4, 0.5) is 0 Å². The van der Waals surface area contributed by atoms with E-state index in [-0.39, 0.29) is 17.9 Å². The number of nitrogens with one attached hydrogen (secondary N) is 1. The summed E-state index contributed by atoms with van der Waals surface area (Å²) in [6.07, 6.45) is 3.18. The van der Waals surface area contributed by atoms with Crippen molar-refractivity contribution in [1.82, 2.24) is 10.2 Å². The van der Waals surface area contributed by atoms with Crippen LogP contribution in [-0.2, 0) is 9.53 Å². The van der Waals surface area contributed by atoms with Crippen LogP contribution in [0.5, 0.6) is 0 Å². The first kappa shape index (κ1) is 19.8. The van der Waals surface area contributed by atoms with E-state index < -0.39 is 0 Å². The van der Waals surface area contributed by atoms with E-state index in [1.54, 1.807) is 0 Å². The number of nitrogens with zero attached hydrogens (tertiary/aromatic N) is 1. The van der Waals surface area contributed by atoms with Gasteiger partial charge in [-0.3, -0.25) is 9.59 Å². The van der Waals surface area contributed by atoms with Crippen LogP contribution in [0, 0.1) is 0 Å². The second kappa shape index (κ2) is 10.5. The minimum absolute atomic E-state index is 0.0960. The highest BCUT2D eigenvalue weighted by Gasteiger charge is 2.19. The Hall–Kier alpha value is -1.53. The van der Waals surface area contributed by atoms with E-state index in [4.69, 9.17) is 4.74 Å². The van der Waals surface area contributed by atoms with E-state index in [0.717, 1.165) is 37.2 Å². The summed E-state index contributed by atoms with van der Waals surface area (Å²) in [5.74, 6) is 0.441. The lowest BCUT2D eigenvalue weighted by Crippen LogP contribution is -2.29. The second-order valence-electron chi connectivity index (χ2n) is 6.40. The number of hydrogen-bond donors (Lipinski definition) is 1. The van der Waals surface area contributed by atoms with Gasteiger partial charge in [0.05, 0.1) is 17.4 Å². The van der Waals surface area contributed by atoms with Gasteiger partial charge in [0.25, 0.3) is 5.91 Å². The van der Waals surface area contributed by atoms with E-state index in [2.05, 4.69) is 5.32 Å². The molecule has 1 aliphatic heterocycles. The van der Waals surface area contributed by atoms with Crippen LogP contribution in [0.3, 0.4) is 0 Å². The zero-order valence-electron chi connectivity index (χ0n) is 15.1. The molecule has 25 heavy (non-hydrogen) atoms. The van der Waals surface area contributed by atoms with Crippen molar-refractivity contribution in [3.8, 4) is 0 Å². The number of carbonyl (C=O) groups excluding carboxylic acids is 2. The summed E-state index contributed by atoms with van der Waals surface area (Å²) in [5, 5.41) is 2.93. The number of rotatable bonds is 9. The molecule has 2 rings (SSSR count). The number of carbonyl (C=O) groups is 2. The summed E-state index contributed by atoms with van der Waals surface area (Å²) in [6, 6.07) is 7.46. The molecule has 1 saturated heterocycles. The van der Waals surface area contributed by atoms with Crippen LogP contribution in [0.15, 0.2) is 29.2 Å². The van der Waals surface area contributed by atoms with E-state index in [0.29, 0.717) is 24.5 Å². The van der Waals surface area contributed by atoms with Crippen molar-refractivity contribution in [2.75, 3.05) is 32.0 Å². The summed E-state index contributed by atoms with van der Waals surface area (Å²) in [4.78, 5) is 27.4. The van der Waals surface area contributed by atoms with Crippen molar-refractivity contribution in [3.05, 3.63) is 29.8 Å². The normalized spacial score (nSPS) is 14.1. The van der Waals surface area contributed by atoms with Gasteiger partial charge in [-0.15, -0.1) is 11.8 Å². The maximum atomic E-state index is 12.4. The smallest absolute Gasteiger partial charge is 0.252 e. The molecule has 0 bridgehead atoms. The van der Waals surface area contributed by atoms with E-state index in [9.17, 15) is 9.59 Å². The lowest BCUT2D eigenvalue weighted by molar-refractivity contribution is -0.127. The van der Waals surface area contributed by atoms with Gasteiger partial charge in [-0.05, 0) is 45.2 Å². The Labute approximate surface area is 154 Å². The number of ether oxygens (including phenoxy) is 1. The summed E-state index contributed by atoms with van der Waals surface area (Å²) in [5.41, 5.74) is 0.631. The van der Waals surface area contributed by atoms with Crippen LogP contribution < -0.4 is 5.32 Å². The summed E-state index contributed by atoms with van der Waals surface area (Å²) in [7, 11) is 0. The van der Waals surface area contributed by atoms with Gasteiger partial charge in [0.1, 0.15) is 0 Å². The Morgan fingerprint density at radius 1 is 1.24 bits per heavy atom. The van der Waals surface area contributed by atoms with Gasteiger partial charge in [0.15, 0.2) is 0 Å². The Kier molecular flexibility index (Phi) is 8.28. The molecule has 0 aliphatic carbocycles. The Morgan fingerprint density at radius 2 is 1.96 bits per heavy atom. The largest absolute Gasteiger partial charge is 0.379 e. The quantitative estimate of drug-likeness (QED) is 0.541. The maximum Gasteiger partial charge on any atom is 0.252 e. The van der Waals surface area contributed by atoms with Crippen molar-refractivity contribution in [1.29, 1.82) is 0 Å². The van der Waals surface area contributed by atoms with Crippen molar-refractivity contribution in [2.45, 2.75) is 44.1 Å². The lowest BCUT2D eigenvalue weighted by atomic mass is 10.2. The van der Waals surface area contributed by atoms with E-state index in [1.165, 1.54) is 11.8 Å². The Balaban J connectivity index is 1.82. The zero-order valence-corrected chi connectivity index (χ0v) is 15.9. The van der Waals surface area contributed by atoms with Gasteiger partial charge in [-0.2, -0.15) is 0 Å². The number of benzene rings is 1. The third kappa shape index (κ3) is 6.71. The average molecular weight is 365 g/mol. The molecule has 1 aromatic carbocycles. The molecule has 1 aromatic rings. The predicted molar refractivity (Wildman–Crippen MR) is 101 cm³/mol. The maximum absolute atomic E-state index is 12.4. The first-order valence-corrected chi connectivity index (χ1v) is 9.96. The molecule has 2 amide bonds. The van der Waals surface area contributed by atoms with E-state index in [1.807, 2.05) is 43.0 Å². The molecule has 0 atom stereocenters. The second-order valence-corrected chi connectivity index (χ2v) is 7.42. The Bertz CT molecular complexity index is 572. The monoisotopic (exact) mass is 364 g/mol. The average Bonchev–Trinajstić information content (AvgIpc) is 3.14. The molecular weight excluding hydrogens is 336 g/mol. The third-order valence-electron chi connectivity index (χ3n) is 4.00. The predicted octanol–water partition coefficient (Wildman–Crippen LogP) is 2.95. The first-order valence-electron chi connectivity index (χ1n) is 8.97. The summed E-state index contributed by atoms with van der Waals surface area (Å²) < 4.78 is 5.47. The molecule has 0 radical (unpaired) electrons. The number of likely N-dealkylation sites (tertiary alicyclic amines) is 1. The number of hydrogen-bond acceptors (Lipinski definition) is 4. The molecule has 0 spiro atoms. The summed E-state index contributed by atoms with van der Waals surface area (Å²) in [6.45, 7) is 6.93. The highest BCUT2D eigenvalue weighted by molar-refractivity contribution is 8.00.